The molecule has 134 valence electrons. The van der Waals surface area contributed by atoms with Crippen molar-refractivity contribution >= 4 is 5.96 Å². The van der Waals surface area contributed by atoms with Crippen LogP contribution < -0.4 is 5.32 Å². The molecule has 23 heavy (non-hydrogen) atoms. The third kappa shape index (κ3) is 5.35. The van der Waals surface area contributed by atoms with Crippen LogP contribution in [0.25, 0.3) is 0 Å². The number of likely N-dealkylation sites (tertiary alicyclic amines) is 1. The number of nitrogens with one attached hydrogen (secondary N) is 1. The Balaban J connectivity index is 1.92. The van der Waals surface area contributed by atoms with Crippen LogP contribution >= 0.6 is 0 Å². The molecule has 0 radical (unpaired) electrons. The molecular formula is C18H36N4O. The van der Waals surface area contributed by atoms with Gasteiger partial charge in [-0.05, 0) is 24.2 Å². The van der Waals surface area contributed by atoms with Gasteiger partial charge in [0.15, 0.2) is 5.96 Å². The van der Waals surface area contributed by atoms with Gasteiger partial charge in [0.05, 0.1) is 13.2 Å². The predicted molar refractivity (Wildman–Crippen MR) is 96.9 cm³/mol. The monoisotopic (exact) mass is 324 g/mol. The van der Waals surface area contributed by atoms with Crippen molar-refractivity contribution in [1.29, 1.82) is 0 Å². The Morgan fingerprint density at radius 3 is 2.30 bits per heavy atom. The highest BCUT2D eigenvalue weighted by Gasteiger charge is 2.27. The maximum Gasteiger partial charge on any atom is 0.193 e. The highest BCUT2D eigenvalue weighted by Crippen LogP contribution is 2.21. The van der Waals surface area contributed by atoms with Gasteiger partial charge in [0, 0.05) is 45.8 Å². The molecule has 3 atom stereocenters. The average Bonchev–Trinajstić information content (AvgIpc) is 2.51. The molecule has 0 spiro atoms. The Hall–Kier alpha value is -0.810. The Morgan fingerprint density at radius 1 is 1.17 bits per heavy atom. The smallest absolute Gasteiger partial charge is 0.193 e. The predicted octanol–water partition coefficient (Wildman–Crippen LogP) is 1.90. The molecule has 2 aliphatic rings. The van der Waals surface area contributed by atoms with Gasteiger partial charge in [0.25, 0.3) is 0 Å². The fourth-order valence-electron chi connectivity index (χ4n) is 4.06. The van der Waals surface area contributed by atoms with Gasteiger partial charge in [-0.1, -0.05) is 27.7 Å². The Labute approximate surface area is 142 Å². The van der Waals surface area contributed by atoms with Crippen LogP contribution in [0.3, 0.4) is 0 Å². The van der Waals surface area contributed by atoms with E-state index in [-0.39, 0.29) is 0 Å². The van der Waals surface area contributed by atoms with E-state index in [0.717, 1.165) is 63.7 Å². The van der Waals surface area contributed by atoms with Crippen molar-refractivity contribution in [3.05, 3.63) is 0 Å². The lowest BCUT2D eigenvalue weighted by atomic mass is 9.92. The van der Waals surface area contributed by atoms with E-state index >= 15 is 0 Å². The topological polar surface area (TPSA) is 40.1 Å². The zero-order valence-corrected chi connectivity index (χ0v) is 15.7. The van der Waals surface area contributed by atoms with Gasteiger partial charge in [-0.3, -0.25) is 9.89 Å². The van der Waals surface area contributed by atoms with Crippen molar-refractivity contribution in [2.45, 2.75) is 40.2 Å². The molecule has 0 bridgehead atoms. The van der Waals surface area contributed by atoms with Crippen molar-refractivity contribution in [2.24, 2.45) is 22.7 Å². The van der Waals surface area contributed by atoms with Gasteiger partial charge in [0.1, 0.15) is 0 Å². The van der Waals surface area contributed by atoms with E-state index in [4.69, 9.17) is 4.74 Å². The van der Waals surface area contributed by atoms with Crippen molar-refractivity contribution in [2.75, 3.05) is 53.0 Å². The Morgan fingerprint density at radius 2 is 1.78 bits per heavy atom. The number of nitrogens with zero attached hydrogens (tertiary/aromatic N) is 3. The highest BCUT2D eigenvalue weighted by atomic mass is 16.5. The van der Waals surface area contributed by atoms with Crippen LogP contribution in [-0.4, -0.2) is 74.8 Å². The van der Waals surface area contributed by atoms with Crippen LogP contribution in [0.1, 0.15) is 34.1 Å². The number of guanidine groups is 1. The summed E-state index contributed by atoms with van der Waals surface area (Å²) in [4.78, 5) is 9.55. The van der Waals surface area contributed by atoms with Gasteiger partial charge in [-0.2, -0.15) is 0 Å². The van der Waals surface area contributed by atoms with E-state index < -0.39 is 0 Å². The minimum atomic E-state index is 0.537. The summed E-state index contributed by atoms with van der Waals surface area (Å²) in [5.41, 5.74) is 0. The first-order valence-electron chi connectivity index (χ1n) is 9.28. The number of hydrogen-bond acceptors (Lipinski definition) is 3. The average molecular weight is 325 g/mol. The first-order valence-corrected chi connectivity index (χ1v) is 9.28. The number of rotatable bonds is 4. The minimum absolute atomic E-state index is 0.537. The van der Waals surface area contributed by atoms with Gasteiger partial charge in [-0.15, -0.1) is 0 Å². The molecule has 0 aromatic carbocycles. The molecule has 5 heteroatoms. The zero-order chi connectivity index (χ0) is 16.8. The zero-order valence-electron chi connectivity index (χ0n) is 15.7. The van der Waals surface area contributed by atoms with Crippen molar-refractivity contribution in [1.82, 2.24) is 15.1 Å². The molecule has 1 N–H and O–H groups in total. The normalized spacial score (nSPS) is 29.0. The molecule has 2 rings (SSSR count). The number of ether oxygens (including phenoxy) is 1. The molecule has 2 saturated heterocycles. The molecule has 2 aliphatic heterocycles. The molecule has 5 nitrogen and oxygen atoms in total. The summed E-state index contributed by atoms with van der Waals surface area (Å²) in [5, 5.41) is 3.65. The van der Waals surface area contributed by atoms with Crippen molar-refractivity contribution in [3.63, 3.8) is 0 Å². The maximum atomic E-state index is 5.50. The SMILES string of the molecule is CN=C(NCC(C(C)C)N1CCOCC1)N1CC(C)CC(C)C1. The summed E-state index contributed by atoms with van der Waals surface area (Å²) < 4.78 is 5.50. The van der Waals surface area contributed by atoms with E-state index in [0.29, 0.717) is 12.0 Å². The van der Waals surface area contributed by atoms with E-state index in [1.165, 1.54) is 6.42 Å². The first kappa shape index (κ1) is 18.5. The first-order chi connectivity index (χ1) is 11.0. The lowest BCUT2D eigenvalue weighted by Gasteiger charge is -2.40. The summed E-state index contributed by atoms with van der Waals surface area (Å²) in [5.74, 6) is 3.19. The van der Waals surface area contributed by atoms with Crippen LogP contribution in [0.5, 0.6) is 0 Å². The number of morpholine rings is 1. The summed E-state index contributed by atoms with van der Waals surface area (Å²) in [6.07, 6.45) is 1.33. The minimum Gasteiger partial charge on any atom is -0.379 e. The molecule has 0 aromatic rings. The standard InChI is InChI=1S/C18H36N4O/c1-14(2)17(21-6-8-23-9-7-21)11-20-18(19-5)22-12-15(3)10-16(4)13-22/h14-17H,6-13H2,1-5H3,(H,19,20). The second-order valence-electron chi connectivity index (χ2n) is 7.74. The fourth-order valence-corrected chi connectivity index (χ4v) is 4.06. The third-order valence-electron chi connectivity index (χ3n) is 5.13. The Bertz CT molecular complexity index is 369. The maximum absolute atomic E-state index is 5.50. The summed E-state index contributed by atoms with van der Waals surface area (Å²) in [6, 6.07) is 0.537. The lowest BCUT2D eigenvalue weighted by Crippen LogP contribution is -2.54. The van der Waals surface area contributed by atoms with E-state index in [1.807, 2.05) is 7.05 Å². The van der Waals surface area contributed by atoms with Crippen LogP contribution in [0.15, 0.2) is 4.99 Å². The highest BCUT2D eigenvalue weighted by molar-refractivity contribution is 5.80. The van der Waals surface area contributed by atoms with Crippen LogP contribution in [0.4, 0.5) is 0 Å². The summed E-state index contributed by atoms with van der Waals surface area (Å²) in [6.45, 7) is 16.3. The number of piperidine rings is 1. The molecule has 2 fully saturated rings. The van der Waals surface area contributed by atoms with Crippen molar-refractivity contribution in [3.8, 4) is 0 Å². The Kier molecular flexibility index (Phi) is 7.15. The molecule has 0 aromatic heterocycles. The van der Waals surface area contributed by atoms with E-state index in [1.54, 1.807) is 0 Å². The second-order valence-corrected chi connectivity index (χ2v) is 7.74. The molecular weight excluding hydrogens is 288 g/mol. The third-order valence-corrected chi connectivity index (χ3v) is 5.13. The van der Waals surface area contributed by atoms with Gasteiger partial charge < -0.3 is 15.0 Å². The number of hydrogen-bond donors (Lipinski definition) is 1. The molecule has 0 aliphatic carbocycles. The van der Waals surface area contributed by atoms with Crippen LogP contribution in [-0.2, 0) is 4.74 Å². The largest absolute Gasteiger partial charge is 0.379 e. The van der Waals surface area contributed by atoms with Gasteiger partial charge in [-0.25, -0.2) is 0 Å². The second kappa shape index (κ2) is 8.88. The summed E-state index contributed by atoms with van der Waals surface area (Å²) in [7, 11) is 1.91. The van der Waals surface area contributed by atoms with Gasteiger partial charge in [0.2, 0.25) is 0 Å². The van der Waals surface area contributed by atoms with Crippen LogP contribution in [0.2, 0.25) is 0 Å². The number of aliphatic imine (C=N–C) groups is 1. The quantitative estimate of drug-likeness (QED) is 0.633. The molecule has 2 heterocycles. The summed E-state index contributed by atoms with van der Waals surface area (Å²) >= 11 is 0. The van der Waals surface area contributed by atoms with Gasteiger partial charge >= 0.3 is 0 Å². The molecule has 0 saturated carbocycles. The van der Waals surface area contributed by atoms with E-state index in [9.17, 15) is 0 Å². The van der Waals surface area contributed by atoms with Crippen LogP contribution in [0, 0.1) is 17.8 Å². The lowest BCUT2D eigenvalue weighted by molar-refractivity contribution is 0.00733. The van der Waals surface area contributed by atoms with Crippen molar-refractivity contribution < 1.29 is 4.74 Å². The molecule has 3 unspecified atom stereocenters. The molecule has 0 amide bonds. The fraction of sp³-hybridized carbons (Fsp3) is 0.944. The van der Waals surface area contributed by atoms with E-state index in [2.05, 4.69) is 47.8 Å².